The number of carbonyl (C=O) groups is 1. The molecule has 1 aromatic carbocycles. The van der Waals surface area contributed by atoms with Gasteiger partial charge in [0.15, 0.2) is 5.82 Å². The van der Waals surface area contributed by atoms with Crippen LogP contribution in [0.25, 0.3) is 0 Å². The minimum Gasteiger partial charge on any atom is -0.330 e. The lowest BCUT2D eigenvalue weighted by molar-refractivity contribution is -0.134. The van der Waals surface area contributed by atoms with Crippen molar-refractivity contribution in [2.75, 3.05) is 6.54 Å². The van der Waals surface area contributed by atoms with E-state index in [0.29, 0.717) is 6.42 Å². The highest BCUT2D eigenvalue weighted by Gasteiger charge is 2.43. The van der Waals surface area contributed by atoms with Gasteiger partial charge < -0.3 is 4.90 Å². The zero-order valence-corrected chi connectivity index (χ0v) is 14.0. The molecule has 1 saturated heterocycles. The molecule has 1 aliphatic heterocycles. The lowest BCUT2D eigenvalue weighted by atomic mass is 9.96. The van der Waals surface area contributed by atoms with Gasteiger partial charge in [0.05, 0.1) is 12.0 Å². The summed E-state index contributed by atoms with van der Waals surface area (Å²) < 4.78 is 0. The first-order chi connectivity index (χ1) is 11.0. The molecule has 0 unspecified atom stereocenters. The average molecular weight is 309 g/mol. The van der Waals surface area contributed by atoms with Crippen LogP contribution in [-0.2, 0) is 16.8 Å². The molecule has 1 amide bonds. The van der Waals surface area contributed by atoms with E-state index in [0.717, 1.165) is 42.2 Å². The smallest absolute Gasteiger partial charge is 0.227 e. The van der Waals surface area contributed by atoms with Crippen molar-refractivity contribution in [1.29, 1.82) is 0 Å². The van der Waals surface area contributed by atoms with Crippen molar-refractivity contribution < 1.29 is 4.79 Å². The van der Waals surface area contributed by atoms with Crippen molar-refractivity contribution in [3.63, 3.8) is 0 Å². The summed E-state index contributed by atoms with van der Waals surface area (Å²) in [4.78, 5) is 24.1. The molecule has 2 heterocycles. The molecule has 0 bridgehead atoms. The molecule has 1 atom stereocenters. The first-order valence-corrected chi connectivity index (χ1v) is 8.16. The third-order valence-electron chi connectivity index (χ3n) is 4.60. The molecule has 120 valence electrons. The summed E-state index contributed by atoms with van der Waals surface area (Å²) in [7, 11) is 0. The molecule has 0 spiro atoms. The van der Waals surface area contributed by atoms with Crippen LogP contribution in [0.3, 0.4) is 0 Å². The molecule has 4 nitrogen and oxygen atoms in total. The summed E-state index contributed by atoms with van der Waals surface area (Å²) in [6.45, 7) is 6.83. The maximum atomic E-state index is 12.8. The highest BCUT2D eigenvalue weighted by molar-refractivity contribution is 5.80. The molecule has 0 N–H and O–H groups in total. The summed E-state index contributed by atoms with van der Waals surface area (Å²) in [5.74, 6) is 0.924. The Hall–Kier alpha value is -2.23. The van der Waals surface area contributed by atoms with E-state index in [1.54, 1.807) is 0 Å². The number of aromatic nitrogens is 2. The molecule has 1 fully saturated rings. The predicted octanol–water partition coefficient (Wildman–Crippen LogP) is 3.17. The second kappa shape index (κ2) is 6.11. The standard InChI is InChI=1S/C19H23N3O/c1-14-12-15(2)21-18(20-14)19(3)10-7-11-22(19)17(23)13-16-8-5-4-6-9-16/h4-6,8-9,12H,7,10-11,13H2,1-3H3/t19-/m0/s1. The van der Waals surface area contributed by atoms with Crippen molar-refractivity contribution >= 4 is 5.91 Å². The molecule has 2 aromatic rings. The summed E-state index contributed by atoms with van der Waals surface area (Å²) in [5.41, 5.74) is 2.56. The maximum absolute atomic E-state index is 12.8. The zero-order valence-electron chi connectivity index (χ0n) is 14.0. The van der Waals surface area contributed by atoms with E-state index in [2.05, 4.69) is 16.9 Å². The maximum Gasteiger partial charge on any atom is 0.227 e. The topological polar surface area (TPSA) is 46.1 Å². The Morgan fingerprint density at radius 2 is 1.83 bits per heavy atom. The van der Waals surface area contributed by atoms with Gasteiger partial charge in [-0.15, -0.1) is 0 Å². The van der Waals surface area contributed by atoms with Gasteiger partial charge in [0, 0.05) is 17.9 Å². The van der Waals surface area contributed by atoms with Gasteiger partial charge in [0.2, 0.25) is 5.91 Å². The van der Waals surface area contributed by atoms with Gasteiger partial charge >= 0.3 is 0 Å². The molecule has 1 aliphatic rings. The molecular weight excluding hydrogens is 286 g/mol. The Morgan fingerprint density at radius 1 is 1.17 bits per heavy atom. The van der Waals surface area contributed by atoms with E-state index in [4.69, 9.17) is 0 Å². The molecule has 23 heavy (non-hydrogen) atoms. The Balaban J connectivity index is 1.88. The van der Waals surface area contributed by atoms with Crippen LogP contribution in [-0.4, -0.2) is 27.3 Å². The molecule has 0 aliphatic carbocycles. The zero-order chi connectivity index (χ0) is 16.4. The first kappa shape index (κ1) is 15.7. The highest BCUT2D eigenvalue weighted by Crippen LogP contribution is 2.37. The number of carbonyl (C=O) groups excluding carboxylic acids is 1. The van der Waals surface area contributed by atoms with Crippen LogP contribution in [0.2, 0.25) is 0 Å². The fourth-order valence-corrected chi connectivity index (χ4v) is 3.43. The third kappa shape index (κ3) is 3.11. The van der Waals surface area contributed by atoms with E-state index in [1.807, 2.05) is 55.1 Å². The quantitative estimate of drug-likeness (QED) is 0.875. The fourth-order valence-electron chi connectivity index (χ4n) is 3.43. The fraction of sp³-hybridized carbons (Fsp3) is 0.421. The largest absolute Gasteiger partial charge is 0.330 e. The van der Waals surface area contributed by atoms with Gasteiger partial charge in [-0.05, 0) is 45.2 Å². The Labute approximate surface area is 137 Å². The van der Waals surface area contributed by atoms with Crippen molar-refractivity contribution in [2.45, 2.75) is 45.6 Å². The number of aryl methyl sites for hydroxylation is 2. The first-order valence-electron chi connectivity index (χ1n) is 8.16. The minimum atomic E-state index is -0.400. The summed E-state index contributed by atoms with van der Waals surface area (Å²) in [6, 6.07) is 11.9. The second-order valence-electron chi connectivity index (χ2n) is 6.56. The van der Waals surface area contributed by atoms with Crippen molar-refractivity contribution in [3.8, 4) is 0 Å². The number of amides is 1. The van der Waals surface area contributed by atoms with Crippen LogP contribution in [0.4, 0.5) is 0 Å². The molecule has 1 aromatic heterocycles. The Morgan fingerprint density at radius 3 is 2.48 bits per heavy atom. The van der Waals surface area contributed by atoms with Gasteiger partial charge in [-0.25, -0.2) is 9.97 Å². The van der Waals surface area contributed by atoms with Gasteiger partial charge in [0.25, 0.3) is 0 Å². The molecular formula is C19H23N3O. The third-order valence-corrected chi connectivity index (χ3v) is 4.60. The SMILES string of the molecule is Cc1cc(C)nc([C@]2(C)CCCN2C(=O)Cc2ccccc2)n1. The lowest BCUT2D eigenvalue weighted by Crippen LogP contribution is -2.44. The van der Waals surface area contributed by atoms with Crippen LogP contribution >= 0.6 is 0 Å². The van der Waals surface area contributed by atoms with Gasteiger partial charge in [-0.1, -0.05) is 30.3 Å². The Kier molecular flexibility index (Phi) is 4.16. The van der Waals surface area contributed by atoms with Gasteiger partial charge in [0.1, 0.15) is 0 Å². The predicted molar refractivity (Wildman–Crippen MR) is 90.0 cm³/mol. The molecule has 0 radical (unpaired) electrons. The van der Waals surface area contributed by atoms with Gasteiger partial charge in [-0.3, -0.25) is 4.79 Å². The van der Waals surface area contributed by atoms with Crippen LogP contribution in [0.5, 0.6) is 0 Å². The van der Waals surface area contributed by atoms with E-state index >= 15 is 0 Å². The van der Waals surface area contributed by atoms with Crippen molar-refractivity contribution in [1.82, 2.24) is 14.9 Å². The lowest BCUT2D eigenvalue weighted by Gasteiger charge is -2.34. The number of benzene rings is 1. The number of hydrogen-bond acceptors (Lipinski definition) is 3. The molecule has 4 heteroatoms. The van der Waals surface area contributed by atoms with E-state index in [-0.39, 0.29) is 5.91 Å². The van der Waals surface area contributed by atoms with E-state index in [1.165, 1.54) is 0 Å². The van der Waals surface area contributed by atoms with E-state index in [9.17, 15) is 4.79 Å². The van der Waals surface area contributed by atoms with Gasteiger partial charge in [-0.2, -0.15) is 0 Å². The Bertz CT molecular complexity index is 694. The van der Waals surface area contributed by atoms with E-state index < -0.39 is 5.54 Å². The van der Waals surface area contributed by atoms with Crippen LogP contribution < -0.4 is 0 Å². The minimum absolute atomic E-state index is 0.152. The highest BCUT2D eigenvalue weighted by atomic mass is 16.2. The molecule has 3 rings (SSSR count). The average Bonchev–Trinajstić information content (AvgIpc) is 2.91. The van der Waals surface area contributed by atoms with Crippen molar-refractivity contribution in [2.24, 2.45) is 0 Å². The second-order valence-corrected chi connectivity index (χ2v) is 6.56. The monoisotopic (exact) mass is 309 g/mol. The summed E-state index contributed by atoms with van der Waals surface area (Å²) in [6.07, 6.45) is 2.34. The van der Waals surface area contributed by atoms with Crippen LogP contribution in [0.1, 0.15) is 42.5 Å². The number of nitrogens with zero attached hydrogens (tertiary/aromatic N) is 3. The molecule has 0 saturated carbocycles. The number of hydrogen-bond donors (Lipinski definition) is 0. The normalized spacial score (nSPS) is 20.7. The summed E-state index contributed by atoms with van der Waals surface area (Å²) in [5, 5.41) is 0. The van der Waals surface area contributed by atoms with Crippen LogP contribution in [0, 0.1) is 13.8 Å². The summed E-state index contributed by atoms with van der Waals surface area (Å²) >= 11 is 0. The van der Waals surface area contributed by atoms with Crippen LogP contribution in [0.15, 0.2) is 36.4 Å². The number of likely N-dealkylation sites (tertiary alicyclic amines) is 1. The number of rotatable bonds is 3. The van der Waals surface area contributed by atoms with Crippen molar-refractivity contribution in [3.05, 3.63) is 59.2 Å².